The number of anilines is 3. The lowest BCUT2D eigenvalue weighted by Gasteiger charge is -2.27. The maximum atomic E-state index is 5.47. The molecule has 11 heteroatoms. The molecule has 0 amide bonds. The Kier molecular flexibility index (Phi) is 6.52. The quantitative estimate of drug-likeness (QED) is 0.362. The Morgan fingerprint density at radius 2 is 1.71 bits per heavy atom. The van der Waals surface area contributed by atoms with Crippen LogP contribution in [-0.2, 0) is 17.8 Å². The van der Waals surface area contributed by atoms with Gasteiger partial charge in [-0.15, -0.1) is 0 Å². The second-order valence-electron chi connectivity index (χ2n) is 7.87. The Hall–Kier alpha value is -4.12. The van der Waals surface area contributed by atoms with Crippen LogP contribution in [0.3, 0.4) is 0 Å². The van der Waals surface area contributed by atoms with Gasteiger partial charge in [0.15, 0.2) is 0 Å². The highest BCUT2D eigenvalue weighted by molar-refractivity contribution is 5.59. The lowest BCUT2D eigenvalue weighted by Crippen LogP contribution is -2.37. The number of aromatic nitrogens is 7. The van der Waals surface area contributed by atoms with Crippen molar-refractivity contribution >= 4 is 17.8 Å². The highest BCUT2D eigenvalue weighted by Gasteiger charge is 2.17. The Labute approximate surface area is 197 Å². The molecule has 0 aliphatic carbocycles. The molecule has 0 bridgehead atoms. The van der Waals surface area contributed by atoms with Crippen LogP contribution in [0.5, 0.6) is 0 Å². The van der Waals surface area contributed by atoms with Gasteiger partial charge in [0, 0.05) is 25.5 Å². The van der Waals surface area contributed by atoms with Gasteiger partial charge in [-0.2, -0.15) is 15.0 Å². The predicted molar refractivity (Wildman–Crippen MR) is 128 cm³/mol. The van der Waals surface area contributed by atoms with E-state index in [2.05, 4.69) is 75.5 Å². The van der Waals surface area contributed by atoms with E-state index in [1.165, 1.54) is 5.56 Å². The van der Waals surface area contributed by atoms with E-state index in [4.69, 9.17) is 4.74 Å². The SMILES string of the molecule is Cc1cccc(-c2cnc(CNc3nc(NCc4ncccn4)nc(N4CCOCC4)n3)[nH]2)c1. The van der Waals surface area contributed by atoms with Crippen LogP contribution in [0, 0.1) is 6.92 Å². The fraction of sp³-hybridized carbons (Fsp3) is 0.304. The van der Waals surface area contributed by atoms with Crippen LogP contribution in [0.15, 0.2) is 48.9 Å². The van der Waals surface area contributed by atoms with Gasteiger partial charge < -0.3 is 25.3 Å². The van der Waals surface area contributed by atoms with Crippen molar-refractivity contribution < 1.29 is 4.74 Å². The topological polar surface area (TPSA) is 130 Å². The number of hydrogen-bond donors (Lipinski definition) is 3. The molecule has 1 aliphatic rings. The molecule has 0 saturated carbocycles. The van der Waals surface area contributed by atoms with Crippen molar-refractivity contribution in [1.82, 2.24) is 34.9 Å². The second kappa shape index (κ2) is 10.2. The van der Waals surface area contributed by atoms with Crippen LogP contribution in [0.4, 0.5) is 17.8 Å². The minimum Gasteiger partial charge on any atom is -0.378 e. The largest absolute Gasteiger partial charge is 0.378 e. The molecular formula is C23H26N10O. The highest BCUT2D eigenvalue weighted by Crippen LogP contribution is 2.19. The number of imidazole rings is 1. The molecule has 4 aromatic rings. The highest BCUT2D eigenvalue weighted by atomic mass is 16.5. The van der Waals surface area contributed by atoms with Crippen molar-refractivity contribution in [3.8, 4) is 11.3 Å². The van der Waals surface area contributed by atoms with Gasteiger partial charge in [-0.1, -0.05) is 23.8 Å². The van der Waals surface area contributed by atoms with Crippen LogP contribution in [0.25, 0.3) is 11.3 Å². The van der Waals surface area contributed by atoms with E-state index in [0.717, 1.165) is 30.2 Å². The number of benzene rings is 1. The molecule has 1 aromatic carbocycles. The van der Waals surface area contributed by atoms with Crippen LogP contribution in [0.1, 0.15) is 17.2 Å². The van der Waals surface area contributed by atoms with Crippen molar-refractivity contribution in [2.24, 2.45) is 0 Å². The van der Waals surface area contributed by atoms with Crippen molar-refractivity contribution in [1.29, 1.82) is 0 Å². The zero-order valence-electron chi connectivity index (χ0n) is 18.9. The van der Waals surface area contributed by atoms with Crippen LogP contribution in [-0.4, -0.2) is 61.2 Å². The summed E-state index contributed by atoms with van der Waals surface area (Å²) in [5.41, 5.74) is 3.27. The average Bonchev–Trinajstić information content (AvgIpc) is 3.37. The first kappa shape index (κ1) is 21.7. The fourth-order valence-corrected chi connectivity index (χ4v) is 3.58. The monoisotopic (exact) mass is 458 g/mol. The van der Waals surface area contributed by atoms with Crippen molar-refractivity contribution in [2.45, 2.75) is 20.0 Å². The number of H-pyrrole nitrogens is 1. The number of nitrogens with zero attached hydrogens (tertiary/aromatic N) is 7. The van der Waals surface area contributed by atoms with E-state index in [1.54, 1.807) is 18.5 Å². The minimum atomic E-state index is 0.408. The summed E-state index contributed by atoms with van der Waals surface area (Å²) in [5, 5.41) is 6.47. The minimum absolute atomic E-state index is 0.408. The summed E-state index contributed by atoms with van der Waals surface area (Å²) < 4.78 is 5.47. The second-order valence-corrected chi connectivity index (χ2v) is 7.87. The van der Waals surface area contributed by atoms with Gasteiger partial charge in [-0.25, -0.2) is 15.0 Å². The summed E-state index contributed by atoms with van der Waals surface area (Å²) in [6.45, 7) is 5.66. The van der Waals surface area contributed by atoms with Gasteiger partial charge in [0.2, 0.25) is 17.8 Å². The molecule has 1 saturated heterocycles. The summed E-state index contributed by atoms with van der Waals surface area (Å²) in [4.78, 5) is 32.2. The molecule has 3 aromatic heterocycles. The lowest BCUT2D eigenvalue weighted by atomic mass is 10.1. The van der Waals surface area contributed by atoms with E-state index >= 15 is 0 Å². The maximum Gasteiger partial charge on any atom is 0.232 e. The van der Waals surface area contributed by atoms with Crippen molar-refractivity contribution in [3.63, 3.8) is 0 Å². The third-order valence-electron chi connectivity index (χ3n) is 5.31. The maximum absolute atomic E-state index is 5.47. The predicted octanol–water partition coefficient (Wildman–Crippen LogP) is 2.42. The standard InChI is InChI=1S/C23H26N10O/c1-16-4-2-5-17(12-16)18-13-26-20(29-18)15-28-22-30-21(27-14-19-24-6-3-7-25-19)31-23(32-22)33-8-10-34-11-9-33/h2-7,12-13H,8-11,14-15H2,1H3,(H,26,29)(H2,27,28,30,31,32). The number of aryl methyl sites for hydroxylation is 1. The molecule has 3 N–H and O–H groups in total. The van der Waals surface area contributed by atoms with Crippen molar-refractivity contribution in [3.05, 3.63) is 66.1 Å². The summed E-state index contributed by atoms with van der Waals surface area (Å²) in [6.07, 6.45) is 5.25. The van der Waals surface area contributed by atoms with Crippen LogP contribution < -0.4 is 15.5 Å². The summed E-state index contributed by atoms with van der Waals surface area (Å²) in [7, 11) is 0. The Morgan fingerprint density at radius 3 is 2.47 bits per heavy atom. The number of hydrogen-bond acceptors (Lipinski definition) is 10. The summed E-state index contributed by atoms with van der Waals surface area (Å²) in [6, 6.07) is 10.1. The van der Waals surface area contributed by atoms with Gasteiger partial charge >= 0.3 is 0 Å². The first-order valence-electron chi connectivity index (χ1n) is 11.2. The number of nitrogens with one attached hydrogen (secondary N) is 3. The fourth-order valence-electron chi connectivity index (χ4n) is 3.58. The molecule has 1 fully saturated rings. The zero-order valence-corrected chi connectivity index (χ0v) is 18.9. The lowest BCUT2D eigenvalue weighted by molar-refractivity contribution is 0.122. The first-order chi connectivity index (χ1) is 16.7. The van der Waals surface area contributed by atoms with E-state index in [1.807, 2.05) is 12.3 Å². The average molecular weight is 459 g/mol. The van der Waals surface area contributed by atoms with Gasteiger partial charge in [-0.3, -0.25) is 0 Å². The molecule has 0 spiro atoms. The number of rotatable bonds is 8. The van der Waals surface area contributed by atoms with Gasteiger partial charge in [-0.05, 0) is 24.6 Å². The molecule has 11 nitrogen and oxygen atoms in total. The molecular weight excluding hydrogens is 432 g/mol. The van der Waals surface area contributed by atoms with Crippen LogP contribution >= 0.6 is 0 Å². The Balaban J connectivity index is 1.31. The van der Waals surface area contributed by atoms with Gasteiger partial charge in [0.25, 0.3) is 0 Å². The molecule has 174 valence electrons. The molecule has 4 heterocycles. The number of aromatic amines is 1. The Bertz CT molecular complexity index is 1220. The third kappa shape index (κ3) is 5.44. The zero-order chi connectivity index (χ0) is 23.2. The molecule has 5 rings (SSSR count). The first-order valence-corrected chi connectivity index (χ1v) is 11.2. The number of morpholine rings is 1. The van der Waals surface area contributed by atoms with Gasteiger partial charge in [0.1, 0.15) is 11.6 Å². The summed E-state index contributed by atoms with van der Waals surface area (Å²) >= 11 is 0. The molecule has 0 atom stereocenters. The van der Waals surface area contributed by atoms with Gasteiger partial charge in [0.05, 0.1) is 38.2 Å². The Morgan fingerprint density at radius 1 is 0.941 bits per heavy atom. The van der Waals surface area contributed by atoms with E-state index < -0.39 is 0 Å². The van der Waals surface area contributed by atoms with Crippen molar-refractivity contribution in [2.75, 3.05) is 41.8 Å². The molecule has 34 heavy (non-hydrogen) atoms. The molecule has 1 aliphatic heterocycles. The van der Waals surface area contributed by atoms with E-state index in [-0.39, 0.29) is 0 Å². The number of ether oxygens (including phenoxy) is 1. The molecule has 0 unspecified atom stereocenters. The summed E-state index contributed by atoms with van der Waals surface area (Å²) in [5.74, 6) is 2.95. The third-order valence-corrected chi connectivity index (χ3v) is 5.31. The molecule has 0 radical (unpaired) electrons. The normalized spacial score (nSPS) is 13.6. The van der Waals surface area contributed by atoms with E-state index in [0.29, 0.717) is 50.0 Å². The smallest absolute Gasteiger partial charge is 0.232 e. The van der Waals surface area contributed by atoms with Crippen LogP contribution in [0.2, 0.25) is 0 Å². The van der Waals surface area contributed by atoms with E-state index in [9.17, 15) is 0 Å².